The third kappa shape index (κ3) is 9.09. The second-order valence-corrected chi connectivity index (χ2v) is 30.1. The molecule has 0 saturated heterocycles. The van der Waals surface area contributed by atoms with Crippen LogP contribution in [-0.2, 0) is 16.2 Å². The molecular weight excluding hydrogens is 1240 g/mol. The van der Waals surface area contributed by atoms with Gasteiger partial charge in [0.1, 0.15) is 0 Å². The van der Waals surface area contributed by atoms with Gasteiger partial charge in [-0.05, 0) is 170 Å². The van der Waals surface area contributed by atoms with Crippen molar-refractivity contribution in [3.05, 3.63) is 373 Å². The van der Waals surface area contributed by atoms with E-state index in [1.165, 1.54) is 50.1 Å². The van der Waals surface area contributed by atoms with Crippen LogP contribution in [0.3, 0.4) is 0 Å². The highest BCUT2D eigenvalue weighted by molar-refractivity contribution is 7.00. The first-order valence-corrected chi connectivity index (χ1v) is 35.8. The highest BCUT2D eigenvalue weighted by Crippen LogP contribution is 2.65. The average molecular weight is 1320 g/mol. The topological polar surface area (TPSA) is 11.4 Å². The van der Waals surface area contributed by atoms with Gasteiger partial charge >= 0.3 is 0 Å². The average Bonchev–Trinajstić information content (AvgIpc) is 1.58. The minimum atomic E-state index is -0.695. The lowest BCUT2D eigenvalue weighted by molar-refractivity contribution is 0.590. The molecule has 0 saturated carbocycles. The van der Waals surface area contributed by atoms with Gasteiger partial charge < -0.3 is 14.4 Å². The van der Waals surface area contributed by atoms with Gasteiger partial charge in [-0.3, -0.25) is 0 Å². The summed E-state index contributed by atoms with van der Waals surface area (Å²) in [4.78, 5) is 4.86. The molecule has 0 atom stereocenters. The highest BCUT2D eigenvalue weighted by Gasteiger charge is 2.53. The summed E-state index contributed by atoms with van der Waals surface area (Å²) in [7, 11) is 0. The number of benzene rings is 15. The minimum absolute atomic E-state index is 0.00269. The van der Waals surface area contributed by atoms with Gasteiger partial charge in [-0.2, -0.15) is 0 Å². The number of nitrogens with zero attached hydrogens (tertiary/aromatic N) is 3. The molecule has 488 valence electrons. The fourth-order valence-corrected chi connectivity index (χ4v) is 17.7. The van der Waals surface area contributed by atoms with Gasteiger partial charge in [0, 0.05) is 50.2 Å². The maximum Gasteiger partial charge on any atom is 0.252 e. The van der Waals surface area contributed by atoms with Crippen LogP contribution >= 0.6 is 0 Å². The molecule has 1 aromatic heterocycles. The second kappa shape index (κ2) is 22.9. The predicted octanol–water partition coefficient (Wildman–Crippen LogP) is 24.1. The molecule has 4 heteroatoms. The van der Waals surface area contributed by atoms with E-state index in [4.69, 9.17) is 0 Å². The zero-order chi connectivity index (χ0) is 76.0. The lowest BCUT2D eigenvalue weighted by atomic mass is 9.33. The van der Waals surface area contributed by atoms with Crippen molar-refractivity contribution in [1.29, 1.82) is 0 Å². The first kappa shape index (κ1) is 52.7. The fourth-order valence-electron chi connectivity index (χ4n) is 17.7. The molecule has 0 N–H and O–H groups in total. The summed E-state index contributed by atoms with van der Waals surface area (Å²) in [6.07, 6.45) is 0. The number of hydrogen-bond donors (Lipinski definition) is 0. The lowest BCUT2D eigenvalue weighted by Gasteiger charge is -2.46. The fraction of sp³-hybridized carbons (Fsp3) is 0.0909. The summed E-state index contributed by atoms with van der Waals surface area (Å²) < 4.78 is 79.1. The van der Waals surface area contributed by atoms with Crippen molar-refractivity contribution in [3.63, 3.8) is 0 Å². The van der Waals surface area contributed by atoms with Gasteiger partial charge in [-0.15, -0.1) is 0 Å². The minimum Gasteiger partial charge on any atom is -0.311 e. The molecule has 15 aromatic carbocycles. The van der Waals surface area contributed by atoms with E-state index < -0.39 is 48.4 Å². The van der Waals surface area contributed by atoms with Crippen molar-refractivity contribution in [3.8, 4) is 83.6 Å². The Bertz CT molecular complexity index is 6460. The van der Waals surface area contributed by atoms with Crippen LogP contribution in [0.1, 0.15) is 85.9 Å². The van der Waals surface area contributed by atoms with Crippen LogP contribution in [0.4, 0.5) is 34.1 Å². The van der Waals surface area contributed by atoms with Gasteiger partial charge in [0.05, 0.1) is 44.5 Å². The Balaban J connectivity index is 0.980. The van der Waals surface area contributed by atoms with Crippen LogP contribution in [0.15, 0.2) is 340 Å². The first-order valence-electron chi connectivity index (χ1n) is 39.8. The Kier molecular flexibility index (Phi) is 11.7. The van der Waals surface area contributed by atoms with Crippen molar-refractivity contribution in [2.45, 2.75) is 57.8 Å². The Hall–Kier alpha value is -12.2. The molecule has 0 fully saturated rings. The van der Waals surface area contributed by atoms with Crippen molar-refractivity contribution < 1.29 is 11.0 Å². The number of aromatic nitrogens is 1. The van der Waals surface area contributed by atoms with Crippen LogP contribution in [0, 0.1) is 0 Å². The van der Waals surface area contributed by atoms with E-state index in [-0.39, 0.29) is 44.7 Å². The summed E-state index contributed by atoms with van der Waals surface area (Å²) in [5, 5.41) is -0.00538. The van der Waals surface area contributed by atoms with Gasteiger partial charge in [-0.25, -0.2) is 0 Å². The van der Waals surface area contributed by atoms with Crippen molar-refractivity contribution >= 4 is 79.0 Å². The van der Waals surface area contributed by atoms with E-state index in [2.05, 4.69) is 330 Å². The molecule has 20 rings (SSSR count). The summed E-state index contributed by atoms with van der Waals surface area (Å²) in [6.45, 7) is 13.0. The van der Waals surface area contributed by atoms with Crippen molar-refractivity contribution in [2.75, 3.05) is 9.80 Å². The zero-order valence-electron chi connectivity index (χ0n) is 66.1. The molecule has 2 aliphatic carbocycles. The molecule has 3 heterocycles. The second-order valence-electron chi connectivity index (χ2n) is 30.1. The molecule has 0 radical (unpaired) electrons. The van der Waals surface area contributed by atoms with Crippen LogP contribution in [0.5, 0.6) is 0 Å². The van der Waals surface area contributed by atoms with Crippen LogP contribution < -0.4 is 26.2 Å². The maximum absolute atomic E-state index is 10.1. The van der Waals surface area contributed by atoms with Crippen LogP contribution in [-0.4, -0.2) is 11.3 Å². The molecule has 1 spiro atoms. The molecule has 2 aliphatic heterocycles. The summed E-state index contributed by atoms with van der Waals surface area (Å²) in [5.41, 5.74) is 29.6. The molecule has 16 aromatic rings. The number of fused-ring (bicyclic) bond motifs is 17. The van der Waals surface area contributed by atoms with Crippen molar-refractivity contribution in [1.82, 2.24) is 4.57 Å². The molecule has 0 amide bonds. The zero-order valence-corrected chi connectivity index (χ0v) is 58.1. The molecule has 0 bridgehead atoms. The molecular formula is C99H74BN3. The third-order valence-corrected chi connectivity index (χ3v) is 22.4. The number of para-hydroxylation sites is 3. The van der Waals surface area contributed by atoms with E-state index >= 15 is 0 Å². The third-order valence-electron chi connectivity index (χ3n) is 22.4. The quantitative estimate of drug-likeness (QED) is 0.141. The van der Waals surface area contributed by atoms with E-state index in [0.29, 0.717) is 5.69 Å². The van der Waals surface area contributed by atoms with Crippen molar-refractivity contribution in [2.24, 2.45) is 0 Å². The standard InChI is InChI=1S/C99H74BN3/c1-97(2,3)69-52-48-63(49-53-69)67-51-56-90-86(58-67)100-85-55-50-68(72-39-26-42-80-77-36-18-23-45-84(77)99(94(72)80)82-43-21-16-34-75(82)76-35-17-22-44-83(76)99)59-91(85)102(89-57-54-70(98(4,5)6)60-81(89)66-32-14-9-15-33-66)92-61-71(101-87-46-24-19-37-78(87)79-38-20-25-47-88(79)101)62-93(95(92)100)103(90)96-73(64-28-10-7-11-29-64)40-27-41-74(96)65-30-12-8-13-31-65/h7-62H,1-6H3/i19D,20D,24D,25D,37D,38D,46D,47D. The van der Waals surface area contributed by atoms with Gasteiger partial charge in [0.25, 0.3) is 6.71 Å². The highest BCUT2D eigenvalue weighted by atomic mass is 15.2. The Morgan fingerprint density at radius 3 is 1.34 bits per heavy atom. The van der Waals surface area contributed by atoms with Gasteiger partial charge in [0.15, 0.2) is 0 Å². The molecule has 103 heavy (non-hydrogen) atoms. The molecule has 0 unspecified atom stereocenters. The summed E-state index contributed by atoms with van der Waals surface area (Å²) >= 11 is 0. The normalized spacial score (nSPS) is 14.6. The Morgan fingerprint density at radius 2 is 0.767 bits per heavy atom. The maximum atomic E-state index is 10.1. The van der Waals surface area contributed by atoms with Crippen LogP contribution in [0.2, 0.25) is 0 Å². The Morgan fingerprint density at radius 1 is 0.311 bits per heavy atom. The van der Waals surface area contributed by atoms with E-state index in [1.807, 2.05) is 12.1 Å². The predicted molar refractivity (Wildman–Crippen MR) is 436 cm³/mol. The first-order chi connectivity index (χ1) is 53.7. The lowest BCUT2D eigenvalue weighted by Crippen LogP contribution is -2.61. The van der Waals surface area contributed by atoms with Crippen LogP contribution in [0.25, 0.3) is 105 Å². The smallest absolute Gasteiger partial charge is 0.252 e. The largest absolute Gasteiger partial charge is 0.311 e. The molecule has 3 nitrogen and oxygen atoms in total. The molecule has 4 aliphatic rings. The summed E-state index contributed by atoms with van der Waals surface area (Å²) in [5.74, 6) is 0. The van der Waals surface area contributed by atoms with Gasteiger partial charge in [0.2, 0.25) is 0 Å². The van der Waals surface area contributed by atoms with E-state index in [1.54, 1.807) is 4.57 Å². The summed E-state index contributed by atoms with van der Waals surface area (Å²) in [6, 6.07) is 102. The number of anilines is 6. The van der Waals surface area contributed by atoms with E-state index in [9.17, 15) is 11.0 Å². The SMILES string of the molecule is [2H]c1c([2H])c([2H])c2c(c1[2H])c1c([2H])c([2H])c([2H])c([2H])c1n2-c1cc2c3c(c1)N(c1c(-c4ccccc4)cccc1-c1ccccc1)c1ccc(-c4ccc(C(C)(C)C)cc4)cc1B3c1ccc(-c3cccc4c3C3(c5ccccc5-c5ccccc53)c3ccccc3-4)cc1N2c1ccc(C(C)(C)C)cc1-c1ccccc1. The Labute approximate surface area is 615 Å². The monoisotopic (exact) mass is 1320 g/mol. The van der Waals surface area contributed by atoms with E-state index in [0.717, 1.165) is 112 Å². The number of rotatable bonds is 8. The number of hydrogen-bond acceptors (Lipinski definition) is 2. The van der Waals surface area contributed by atoms with Gasteiger partial charge in [-0.1, -0.05) is 333 Å².